The number of aromatic nitrogens is 1. The highest BCUT2D eigenvalue weighted by molar-refractivity contribution is 5.33. The van der Waals surface area contributed by atoms with Crippen LogP contribution in [0.15, 0.2) is 34.9 Å². The predicted molar refractivity (Wildman–Crippen MR) is 95.2 cm³/mol. The fourth-order valence-electron chi connectivity index (χ4n) is 3.29. The topological polar surface area (TPSA) is 38.5 Å². The maximum Gasteiger partial charge on any atom is 0.154 e. The summed E-state index contributed by atoms with van der Waals surface area (Å²) in [5.41, 5.74) is 2.28. The Hall–Kier alpha value is -1.81. The molecule has 0 bridgehead atoms. The van der Waals surface area contributed by atoms with Gasteiger partial charge in [0.2, 0.25) is 0 Å². The minimum Gasteiger partial charge on any atom is -0.491 e. The molecule has 24 heavy (non-hydrogen) atoms. The van der Waals surface area contributed by atoms with Crippen molar-refractivity contribution in [3.63, 3.8) is 0 Å². The molecular weight excluding hydrogens is 300 g/mol. The van der Waals surface area contributed by atoms with Gasteiger partial charge in [0.05, 0.1) is 17.8 Å². The van der Waals surface area contributed by atoms with Gasteiger partial charge in [-0.25, -0.2) is 0 Å². The maximum atomic E-state index is 5.97. The van der Waals surface area contributed by atoms with Crippen molar-refractivity contribution in [2.24, 2.45) is 0 Å². The monoisotopic (exact) mass is 328 g/mol. The summed E-state index contributed by atoms with van der Waals surface area (Å²) in [5, 5.41) is 4.23. The molecular formula is C20H28N2O2. The minimum atomic E-state index is 0.184. The molecule has 4 nitrogen and oxygen atoms in total. The Balaban J connectivity index is 1.76. The summed E-state index contributed by atoms with van der Waals surface area (Å²) in [7, 11) is 0. The Morgan fingerprint density at radius 1 is 1.25 bits per heavy atom. The Kier molecular flexibility index (Phi) is 5.24. The lowest BCUT2D eigenvalue weighted by atomic mass is 10.1. The Labute approximate surface area is 144 Å². The second kappa shape index (κ2) is 7.39. The quantitative estimate of drug-likeness (QED) is 0.754. The highest BCUT2D eigenvalue weighted by atomic mass is 16.5. The maximum absolute atomic E-state index is 5.97. The van der Waals surface area contributed by atoms with E-state index in [1.807, 2.05) is 6.07 Å². The summed E-state index contributed by atoms with van der Waals surface area (Å²) < 4.78 is 11.6. The number of ether oxygens (including phenoxy) is 1. The average Bonchev–Trinajstić information content (AvgIpc) is 3.17. The van der Waals surface area contributed by atoms with Gasteiger partial charge in [-0.3, -0.25) is 4.90 Å². The normalized spacial score (nSPS) is 18.7. The first-order valence-electron chi connectivity index (χ1n) is 8.99. The van der Waals surface area contributed by atoms with Crippen LogP contribution in [0.2, 0.25) is 0 Å². The first-order chi connectivity index (χ1) is 11.5. The zero-order chi connectivity index (χ0) is 17.1. The van der Waals surface area contributed by atoms with Crippen LogP contribution in [0.5, 0.6) is 5.75 Å². The molecule has 4 heteroatoms. The van der Waals surface area contributed by atoms with Gasteiger partial charge in [0, 0.05) is 18.2 Å². The third-order valence-electron chi connectivity index (χ3n) is 4.54. The summed E-state index contributed by atoms with van der Waals surface area (Å²) in [4.78, 5) is 2.48. The zero-order valence-electron chi connectivity index (χ0n) is 15.2. The van der Waals surface area contributed by atoms with Gasteiger partial charge in [-0.1, -0.05) is 37.2 Å². The Morgan fingerprint density at radius 3 is 2.75 bits per heavy atom. The summed E-state index contributed by atoms with van der Waals surface area (Å²) in [5.74, 6) is 2.38. The fourth-order valence-corrected chi connectivity index (χ4v) is 3.29. The van der Waals surface area contributed by atoms with Crippen molar-refractivity contribution in [1.82, 2.24) is 10.1 Å². The van der Waals surface area contributed by atoms with E-state index in [-0.39, 0.29) is 6.10 Å². The van der Waals surface area contributed by atoms with E-state index in [0.717, 1.165) is 36.7 Å². The summed E-state index contributed by atoms with van der Waals surface area (Å²) in [6.07, 6.45) is 2.50. The first-order valence-corrected chi connectivity index (χ1v) is 8.99. The summed E-state index contributed by atoms with van der Waals surface area (Å²) in [6, 6.07) is 10.8. The fraction of sp³-hybridized carbons (Fsp3) is 0.550. The van der Waals surface area contributed by atoms with Crippen LogP contribution in [0.4, 0.5) is 0 Å². The van der Waals surface area contributed by atoms with Crippen LogP contribution in [-0.4, -0.2) is 22.7 Å². The van der Waals surface area contributed by atoms with Gasteiger partial charge in [0.25, 0.3) is 0 Å². The Bertz CT molecular complexity index is 663. The van der Waals surface area contributed by atoms with Crippen molar-refractivity contribution in [3.05, 3.63) is 47.3 Å². The van der Waals surface area contributed by atoms with E-state index < -0.39 is 0 Å². The lowest BCUT2D eigenvalue weighted by Crippen LogP contribution is -2.23. The van der Waals surface area contributed by atoms with E-state index in [0.29, 0.717) is 12.0 Å². The highest BCUT2D eigenvalue weighted by Gasteiger charge is 2.30. The van der Waals surface area contributed by atoms with Gasteiger partial charge in [0.15, 0.2) is 5.76 Å². The van der Waals surface area contributed by atoms with Gasteiger partial charge >= 0.3 is 0 Å². The third-order valence-corrected chi connectivity index (χ3v) is 4.54. The molecule has 2 heterocycles. The van der Waals surface area contributed by atoms with Gasteiger partial charge < -0.3 is 9.26 Å². The van der Waals surface area contributed by atoms with Crippen LogP contribution in [0.25, 0.3) is 0 Å². The smallest absolute Gasteiger partial charge is 0.154 e. The number of benzene rings is 1. The van der Waals surface area contributed by atoms with E-state index in [1.54, 1.807) is 0 Å². The van der Waals surface area contributed by atoms with E-state index in [2.05, 4.69) is 62.0 Å². The van der Waals surface area contributed by atoms with E-state index in [1.165, 1.54) is 12.0 Å². The van der Waals surface area contributed by atoms with Crippen LogP contribution in [0.3, 0.4) is 0 Å². The van der Waals surface area contributed by atoms with Crippen molar-refractivity contribution in [2.45, 2.75) is 65.1 Å². The number of para-hydroxylation sites is 1. The molecule has 0 aliphatic carbocycles. The molecule has 1 aliphatic heterocycles. The van der Waals surface area contributed by atoms with Crippen LogP contribution < -0.4 is 4.74 Å². The molecule has 2 aromatic rings. The van der Waals surface area contributed by atoms with Crippen LogP contribution >= 0.6 is 0 Å². The SMILES string of the molecule is CC(C)Oc1ccccc1CN1CCCC1c1cc(C(C)C)no1. The molecule has 0 amide bonds. The molecule has 1 unspecified atom stereocenters. The highest BCUT2D eigenvalue weighted by Crippen LogP contribution is 2.35. The van der Waals surface area contributed by atoms with Gasteiger partial charge in [0.1, 0.15) is 5.75 Å². The largest absolute Gasteiger partial charge is 0.491 e. The van der Waals surface area contributed by atoms with Crippen molar-refractivity contribution >= 4 is 0 Å². The molecule has 0 saturated carbocycles. The van der Waals surface area contributed by atoms with Gasteiger partial charge in [-0.05, 0) is 45.2 Å². The van der Waals surface area contributed by atoms with Crippen molar-refractivity contribution in [3.8, 4) is 5.75 Å². The first kappa shape index (κ1) is 17.0. The lowest BCUT2D eigenvalue weighted by molar-refractivity contribution is 0.197. The van der Waals surface area contributed by atoms with Gasteiger partial charge in [-0.2, -0.15) is 0 Å². The molecule has 1 aromatic heterocycles. The molecule has 1 saturated heterocycles. The molecule has 1 fully saturated rings. The molecule has 1 aliphatic rings. The third kappa shape index (κ3) is 3.81. The predicted octanol–water partition coefficient (Wildman–Crippen LogP) is 4.92. The standard InChI is InChI=1S/C20H28N2O2/c1-14(2)17-12-20(24-21-17)18-9-7-11-22(18)13-16-8-5-6-10-19(16)23-15(3)4/h5-6,8,10,12,14-15,18H,7,9,11,13H2,1-4H3. The number of rotatable bonds is 6. The minimum absolute atomic E-state index is 0.184. The second-order valence-corrected chi connectivity index (χ2v) is 7.21. The van der Waals surface area contributed by atoms with E-state index in [9.17, 15) is 0 Å². The number of hydrogen-bond acceptors (Lipinski definition) is 4. The van der Waals surface area contributed by atoms with Crippen LogP contribution in [-0.2, 0) is 6.54 Å². The second-order valence-electron chi connectivity index (χ2n) is 7.21. The van der Waals surface area contributed by atoms with Crippen LogP contribution in [0.1, 0.15) is 69.5 Å². The number of likely N-dealkylation sites (tertiary alicyclic amines) is 1. The zero-order valence-corrected chi connectivity index (χ0v) is 15.2. The molecule has 1 atom stereocenters. The average molecular weight is 328 g/mol. The Morgan fingerprint density at radius 2 is 2.04 bits per heavy atom. The molecule has 0 radical (unpaired) electrons. The number of hydrogen-bond donors (Lipinski definition) is 0. The number of nitrogens with zero attached hydrogens (tertiary/aromatic N) is 2. The van der Waals surface area contributed by atoms with Crippen LogP contribution in [0, 0.1) is 0 Å². The summed E-state index contributed by atoms with van der Waals surface area (Å²) >= 11 is 0. The van der Waals surface area contributed by atoms with Crippen molar-refractivity contribution in [2.75, 3.05) is 6.54 Å². The molecule has 3 rings (SSSR count). The van der Waals surface area contributed by atoms with E-state index in [4.69, 9.17) is 9.26 Å². The molecule has 130 valence electrons. The van der Waals surface area contributed by atoms with Gasteiger partial charge in [-0.15, -0.1) is 0 Å². The van der Waals surface area contributed by atoms with Crippen molar-refractivity contribution in [1.29, 1.82) is 0 Å². The molecule has 0 spiro atoms. The van der Waals surface area contributed by atoms with Crippen molar-refractivity contribution < 1.29 is 9.26 Å². The summed E-state index contributed by atoms with van der Waals surface area (Å²) in [6.45, 7) is 10.4. The lowest BCUT2D eigenvalue weighted by Gasteiger charge is -2.24. The van der Waals surface area contributed by atoms with E-state index >= 15 is 0 Å². The molecule has 1 aromatic carbocycles. The molecule has 0 N–H and O–H groups in total.